The van der Waals surface area contributed by atoms with Crippen molar-refractivity contribution in [3.63, 3.8) is 0 Å². The van der Waals surface area contributed by atoms with Crippen molar-refractivity contribution in [3.8, 4) is 0 Å². The SMILES string of the molecule is CC(C)c1cn(CCN2CCC(O)C2)c(C2CCN(c3ncnc4c3C(C(F)(F)F)CCN4)CC2)n1. The van der Waals surface area contributed by atoms with Gasteiger partial charge < -0.3 is 19.9 Å². The van der Waals surface area contributed by atoms with Crippen LogP contribution in [0.15, 0.2) is 12.5 Å². The molecule has 5 rings (SSSR count). The average Bonchev–Trinajstić information content (AvgIpc) is 3.47. The monoisotopic (exact) mass is 507 g/mol. The predicted octanol–water partition coefficient (Wildman–Crippen LogP) is 3.71. The Morgan fingerprint density at radius 2 is 1.86 bits per heavy atom. The number of rotatable bonds is 6. The van der Waals surface area contributed by atoms with Gasteiger partial charge in [0.05, 0.1) is 17.7 Å². The molecule has 5 heterocycles. The number of alkyl halides is 3. The van der Waals surface area contributed by atoms with E-state index in [-0.39, 0.29) is 30.6 Å². The molecule has 0 bridgehead atoms. The molecule has 0 radical (unpaired) electrons. The van der Waals surface area contributed by atoms with Crippen LogP contribution in [0.3, 0.4) is 0 Å². The first-order valence-corrected chi connectivity index (χ1v) is 13.1. The zero-order valence-corrected chi connectivity index (χ0v) is 21.0. The number of anilines is 2. The molecule has 198 valence electrons. The molecule has 2 N–H and O–H groups in total. The number of hydrogen-bond donors (Lipinski definition) is 2. The normalized spacial score (nSPS) is 23.8. The molecule has 2 unspecified atom stereocenters. The third kappa shape index (κ3) is 5.18. The van der Waals surface area contributed by atoms with Gasteiger partial charge in [-0.3, -0.25) is 4.90 Å². The minimum absolute atomic E-state index is 0.00318. The molecule has 0 aromatic carbocycles. The topological polar surface area (TPSA) is 82.3 Å². The zero-order valence-electron chi connectivity index (χ0n) is 21.0. The van der Waals surface area contributed by atoms with Crippen molar-refractivity contribution in [1.29, 1.82) is 0 Å². The number of imidazole rings is 1. The molecule has 2 atom stereocenters. The average molecular weight is 508 g/mol. The summed E-state index contributed by atoms with van der Waals surface area (Å²) >= 11 is 0. The van der Waals surface area contributed by atoms with Gasteiger partial charge in [-0.2, -0.15) is 13.2 Å². The van der Waals surface area contributed by atoms with Gasteiger partial charge in [-0.1, -0.05) is 13.8 Å². The lowest BCUT2D eigenvalue weighted by atomic mass is 9.91. The summed E-state index contributed by atoms with van der Waals surface area (Å²) in [6.07, 6.45) is 1.39. The van der Waals surface area contributed by atoms with Gasteiger partial charge in [-0.05, 0) is 31.6 Å². The quantitative estimate of drug-likeness (QED) is 0.617. The van der Waals surface area contributed by atoms with Crippen molar-refractivity contribution in [1.82, 2.24) is 24.4 Å². The first kappa shape index (κ1) is 25.3. The summed E-state index contributed by atoms with van der Waals surface area (Å²) in [5.41, 5.74) is 1.25. The molecule has 0 spiro atoms. The molecular weight excluding hydrogens is 471 g/mol. The van der Waals surface area contributed by atoms with E-state index in [1.165, 1.54) is 6.33 Å². The third-order valence-corrected chi connectivity index (χ3v) is 7.81. The Balaban J connectivity index is 1.31. The third-order valence-electron chi connectivity index (χ3n) is 7.81. The fourth-order valence-corrected chi connectivity index (χ4v) is 5.75. The van der Waals surface area contributed by atoms with Gasteiger partial charge in [0.25, 0.3) is 0 Å². The van der Waals surface area contributed by atoms with Crippen LogP contribution in [0.4, 0.5) is 24.8 Å². The lowest BCUT2D eigenvalue weighted by Gasteiger charge is -2.36. The summed E-state index contributed by atoms with van der Waals surface area (Å²) in [4.78, 5) is 17.7. The van der Waals surface area contributed by atoms with E-state index in [9.17, 15) is 18.3 Å². The van der Waals surface area contributed by atoms with E-state index in [0.29, 0.717) is 30.6 Å². The number of fused-ring (bicyclic) bond motifs is 1. The van der Waals surface area contributed by atoms with Crippen molar-refractivity contribution >= 4 is 11.6 Å². The Morgan fingerprint density at radius 1 is 1.08 bits per heavy atom. The van der Waals surface area contributed by atoms with Gasteiger partial charge in [0.2, 0.25) is 0 Å². The largest absolute Gasteiger partial charge is 0.396 e. The number of β-amino-alcohol motifs (C(OH)–C–C–N with tert-alkyl or cyclic N) is 1. The molecule has 0 saturated carbocycles. The number of likely N-dealkylation sites (tertiary alicyclic amines) is 1. The minimum Gasteiger partial charge on any atom is -0.392 e. The molecule has 2 fully saturated rings. The van der Waals surface area contributed by atoms with Crippen LogP contribution in [-0.2, 0) is 6.54 Å². The summed E-state index contributed by atoms with van der Waals surface area (Å²) in [6, 6.07) is 0. The maximum absolute atomic E-state index is 13.8. The van der Waals surface area contributed by atoms with E-state index < -0.39 is 12.1 Å². The molecule has 2 aromatic heterocycles. The van der Waals surface area contributed by atoms with Crippen LogP contribution in [0.2, 0.25) is 0 Å². The second-order valence-corrected chi connectivity index (χ2v) is 10.6. The highest BCUT2D eigenvalue weighted by Gasteiger charge is 2.46. The molecular formula is C25H36F3N7O. The van der Waals surface area contributed by atoms with Crippen LogP contribution >= 0.6 is 0 Å². The molecule has 0 aliphatic carbocycles. The Kier molecular flexibility index (Phi) is 7.13. The van der Waals surface area contributed by atoms with Gasteiger partial charge >= 0.3 is 6.18 Å². The predicted molar refractivity (Wildman–Crippen MR) is 132 cm³/mol. The number of aliphatic hydroxyl groups excluding tert-OH is 1. The number of piperidine rings is 1. The smallest absolute Gasteiger partial charge is 0.392 e. The van der Waals surface area contributed by atoms with Gasteiger partial charge in [-0.15, -0.1) is 0 Å². The summed E-state index contributed by atoms with van der Waals surface area (Å²) in [5.74, 6) is 0.800. The van der Waals surface area contributed by atoms with E-state index in [4.69, 9.17) is 4.98 Å². The Hall–Kier alpha value is -2.40. The number of aromatic nitrogens is 4. The van der Waals surface area contributed by atoms with Crippen LogP contribution < -0.4 is 10.2 Å². The number of nitrogens with zero attached hydrogens (tertiary/aromatic N) is 6. The van der Waals surface area contributed by atoms with Crippen LogP contribution in [0.5, 0.6) is 0 Å². The molecule has 0 amide bonds. The van der Waals surface area contributed by atoms with E-state index in [1.807, 2.05) is 4.90 Å². The highest BCUT2D eigenvalue weighted by Crippen LogP contribution is 2.46. The standard InChI is InChI=1S/C25H36F3N7O/c1-16(2)20-14-35(12-11-33-8-6-18(36)13-33)23(32-20)17-4-9-34(10-5-17)24-21-19(25(26,27)28)3-7-29-22(21)30-15-31-24/h14-19,36H,3-13H2,1-2H3,(H,29,30,31). The van der Waals surface area contributed by atoms with Crippen LogP contribution in [0.1, 0.15) is 74.4 Å². The van der Waals surface area contributed by atoms with Gasteiger partial charge in [0.15, 0.2) is 0 Å². The highest BCUT2D eigenvalue weighted by atomic mass is 19.4. The second kappa shape index (κ2) is 10.2. The maximum atomic E-state index is 13.8. The highest BCUT2D eigenvalue weighted by molar-refractivity contribution is 5.62. The molecule has 11 heteroatoms. The van der Waals surface area contributed by atoms with Crippen molar-refractivity contribution in [2.45, 2.75) is 76.1 Å². The fourth-order valence-electron chi connectivity index (χ4n) is 5.75. The Bertz CT molecular complexity index is 1050. The minimum atomic E-state index is -4.32. The lowest BCUT2D eigenvalue weighted by Crippen LogP contribution is -2.37. The molecule has 2 aromatic rings. The Labute approximate surface area is 209 Å². The van der Waals surface area contributed by atoms with E-state index >= 15 is 0 Å². The summed E-state index contributed by atoms with van der Waals surface area (Å²) in [6.45, 7) is 9.11. The van der Waals surface area contributed by atoms with Crippen molar-refractivity contribution in [3.05, 3.63) is 29.6 Å². The number of aliphatic hydroxyl groups is 1. The van der Waals surface area contributed by atoms with E-state index in [0.717, 1.165) is 57.0 Å². The lowest BCUT2D eigenvalue weighted by molar-refractivity contribution is -0.151. The molecule has 2 saturated heterocycles. The second-order valence-electron chi connectivity index (χ2n) is 10.6. The summed E-state index contributed by atoms with van der Waals surface area (Å²) < 4.78 is 43.8. The van der Waals surface area contributed by atoms with Crippen molar-refractivity contribution in [2.75, 3.05) is 49.5 Å². The molecule has 3 aliphatic rings. The van der Waals surface area contributed by atoms with Crippen molar-refractivity contribution in [2.24, 2.45) is 0 Å². The van der Waals surface area contributed by atoms with Crippen molar-refractivity contribution < 1.29 is 18.3 Å². The van der Waals surface area contributed by atoms with Gasteiger partial charge in [0.1, 0.15) is 23.8 Å². The maximum Gasteiger partial charge on any atom is 0.396 e. The fraction of sp³-hybridized carbons (Fsp3) is 0.720. The molecule has 8 nitrogen and oxygen atoms in total. The van der Waals surface area contributed by atoms with Gasteiger partial charge in [0, 0.05) is 63.5 Å². The number of nitrogens with one attached hydrogen (secondary N) is 1. The summed E-state index contributed by atoms with van der Waals surface area (Å²) in [7, 11) is 0. The van der Waals surface area contributed by atoms with Crippen LogP contribution in [0, 0.1) is 0 Å². The zero-order chi connectivity index (χ0) is 25.4. The van der Waals surface area contributed by atoms with Gasteiger partial charge in [-0.25, -0.2) is 15.0 Å². The summed E-state index contributed by atoms with van der Waals surface area (Å²) in [5, 5.41) is 12.9. The molecule has 36 heavy (non-hydrogen) atoms. The Morgan fingerprint density at radius 3 is 2.53 bits per heavy atom. The first-order chi connectivity index (χ1) is 17.2. The first-order valence-electron chi connectivity index (χ1n) is 13.1. The van der Waals surface area contributed by atoms with E-state index in [1.54, 1.807) is 0 Å². The van der Waals surface area contributed by atoms with Crippen LogP contribution in [-0.4, -0.2) is 81.1 Å². The number of hydrogen-bond acceptors (Lipinski definition) is 7. The number of halogens is 3. The van der Waals surface area contributed by atoms with Crippen LogP contribution in [0.25, 0.3) is 0 Å². The molecule has 3 aliphatic heterocycles. The van der Waals surface area contributed by atoms with E-state index in [2.05, 4.69) is 44.8 Å².